The first-order valence-corrected chi connectivity index (χ1v) is 13.5. The lowest BCUT2D eigenvalue weighted by Gasteiger charge is -2.38. The van der Waals surface area contributed by atoms with Gasteiger partial charge < -0.3 is 14.7 Å². The highest BCUT2D eigenvalue weighted by Crippen LogP contribution is 2.37. The number of sulfonamides is 1. The summed E-state index contributed by atoms with van der Waals surface area (Å²) in [5.41, 5.74) is 2.19. The van der Waals surface area contributed by atoms with E-state index in [0.29, 0.717) is 12.3 Å². The Kier molecular flexibility index (Phi) is 7.17. The fourth-order valence-electron chi connectivity index (χ4n) is 4.90. The number of benzene rings is 1. The van der Waals surface area contributed by atoms with E-state index in [9.17, 15) is 18.3 Å². The summed E-state index contributed by atoms with van der Waals surface area (Å²) >= 11 is 0. The molecule has 0 bridgehead atoms. The molecule has 1 heterocycles. The molecule has 182 valence electrons. The van der Waals surface area contributed by atoms with Crippen LogP contribution in [0.25, 0.3) is 5.57 Å². The summed E-state index contributed by atoms with van der Waals surface area (Å²) in [6.45, 7) is 4.01. The van der Waals surface area contributed by atoms with Crippen molar-refractivity contribution < 1.29 is 23.1 Å². The van der Waals surface area contributed by atoms with Crippen molar-refractivity contribution in [3.63, 3.8) is 0 Å². The van der Waals surface area contributed by atoms with Crippen LogP contribution in [-0.2, 0) is 14.8 Å². The summed E-state index contributed by atoms with van der Waals surface area (Å²) < 4.78 is 35.0. The predicted octanol–water partition coefficient (Wildman–Crippen LogP) is 3.28. The number of rotatable bonds is 6. The van der Waals surface area contributed by atoms with Crippen molar-refractivity contribution in [1.82, 2.24) is 9.21 Å². The number of ether oxygens (including phenoxy) is 1. The molecular weight excluding hydrogens is 440 g/mol. The summed E-state index contributed by atoms with van der Waals surface area (Å²) in [6.07, 6.45) is 7.90. The number of hydrogen-bond donors (Lipinski definition) is 1. The molecule has 8 heteroatoms. The maximum absolute atomic E-state index is 13.6. The second kappa shape index (κ2) is 9.76. The normalized spacial score (nSPS) is 26.2. The minimum atomic E-state index is -3.86. The van der Waals surface area contributed by atoms with Gasteiger partial charge in [-0.05, 0) is 62.3 Å². The van der Waals surface area contributed by atoms with E-state index in [1.165, 1.54) is 9.88 Å². The number of likely N-dealkylation sites (N-methyl/N-ethyl adjacent to an activating group) is 1. The van der Waals surface area contributed by atoms with E-state index >= 15 is 0 Å². The fourth-order valence-corrected chi connectivity index (χ4v) is 6.73. The summed E-state index contributed by atoms with van der Waals surface area (Å²) in [6, 6.07) is 4.76. The summed E-state index contributed by atoms with van der Waals surface area (Å²) in [4.78, 5) is 14.6. The number of allylic oxidation sites excluding steroid dienone is 2. The van der Waals surface area contributed by atoms with Crippen molar-refractivity contribution in [3.05, 3.63) is 29.8 Å². The fraction of sp³-hybridized carbons (Fsp3) is 0.640. The van der Waals surface area contributed by atoms with E-state index in [1.807, 2.05) is 19.1 Å². The van der Waals surface area contributed by atoms with Gasteiger partial charge >= 0.3 is 0 Å². The molecule has 4 rings (SSSR count). The maximum atomic E-state index is 13.6. The van der Waals surface area contributed by atoms with Crippen LogP contribution in [0.3, 0.4) is 0 Å². The first-order chi connectivity index (χ1) is 15.7. The molecule has 0 radical (unpaired) electrons. The molecule has 7 nitrogen and oxygen atoms in total. The molecule has 1 saturated carbocycles. The van der Waals surface area contributed by atoms with Crippen LogP contribution >= 0.6 is 0 Å². The zero-order chi connectivity index (χ0) is 23.8. The molecule has 1 aromatic carbocycles. The monoisotopic (exact) mass is 476 g/mol. The molecule has 33 heavy (non-hydrogen) atoms. The molecular formula is C25H36N2O5S. The minimum absolute atomic E-state index is 0.0957. The van der Waals surface area contributed by atoms with Gasteiger partial charge in [0.2, 0.25) is 15.9 Å². The lowest BCUT2D eigenvalue weighted by Crippen LogP contribution is -2.50. The van der Waals surface area contributed by atoms with Crippen molar-refractivity contribution in [3.8, 4) is 5.75 Å². The zero-order valence-electron chi connectivity index (χ0n) is 19.9. The molecule has 1 N–H and O–H groups in total. The van der Waals surface area contributed by atoms with Crippen LogP contribution in [0.2, 0.25) is 0 Å². The van der Waals surface area contributed by atoms with E-state index < -0.39 is 16.1 Å². The van der Waals surface area contributed by atoms with E-state index in [0.717, 1.165) is 44.1 Å². The Morgan fingerprint density at radius 1 is 1.30 bits per heavy atom. The van der Waals surface area contributed by atoms with Gasteiger partial charge in [-0.2, -0.15) is 4.31 Å². The molecule has 3 atom stereocenters. The van der Waals surface area contributed by atoms with E-state index in [1.54, 1.807) is 24.9 Å². The van der Waals surface area contributed by atoms with E-state index in [2.05, 4.69) is 6.08 Å². The van der Waals surface area contributed by atoms with E-state index in [-0.39, 0.29) is 41.9 Å². The molecule has 1 amide bonds. The van der Waals surface area contributed by atoms with Gasteiger partial charge in [0.1, 0.15) is 16.7 Å². The minimum Gasteiger partial charge on any atom is -0.487 e. The third-order valence-electron chi connectivity index (χ3n) is 7.36. The lowest BCUT2D eigenvalue weighted by molar-refractivity contribution is -0.138. The summed E-state index contributed by atoms with van der Waals surface area (Å²) in [5, 5.41) is 9.78. The number of aliphatic hydroxyl groups is 1. The Hall–Kier alpha value is -1.90. The lowest BCUT2D eigenvalue weighted by atomic mass is 9.84. The number of fused-ring (bicyclic) bond motifs is 1. The highest BCUT2D eigenvalue weighted by Gasteiger charge is 2.39. The van der Waals surface area contributed by atoms with Crippen molar-refractivity contribution in [2.24, 2.45) is 11.8 Å². The maximum Gasteiger partial charge on any atom is 0.247 e. The molecule has 0 spiro atoms. The first-order valence-electron chi connectivity index (χ1n) is 12.1. The SMILES string of the molecule is C[C@H](CO)N1C[C@H](C)[C@@H](CN(C)C(=O)C2CCC2)Oc2cc(C3=CCCC3)ccc2S1(=O)=O. The van der Waals surface area contributed by atoms with Gasteiger partial charge in [-0.1, -0.05) is 25.5 Å². The van der Waals surface area contributed by atoms with Crippen LogP contribution in [0.15, 0.2) is 29.2 Å². The molecule has 1 aromatic rings. The van der Waals surface area contributed by atoms with Gasteiger partial charge in [0, 0.05) is 31.5 Å². The molecule has 2 aliphatic carbocycles. The highest BCUT2D eigenvalue weighted by molar-refractivity contribution is 7.89. The Morgan fingerprint density at radius 2 is 2.06 bits per heavy atom. The molecule has 0 saturated heterocycles. The molecule has 3 aliphatic rings. The average molecular weight is 477 g/mol. The topological polar surface area (TPSA) is 87.2 Å². The molecule has 0 unspecified atom stereocenters. The summed E-state index contributed by atoms with van der Waals surface area (Å²) in [7, 11) is -2.05. The number of hydrogen-bond acceptors (Lipinski definition) is 5. The predicted molar refractivity (Wildman–Crippen MR) is 127 cm³/mol. The zero-order valence-corrected chi connectivity index (χ0v) is 20.7. The van der Waals surface area contributed by atoms with Crippen LogP contribution in [0.4, 0.5) is 0 Å². The Balaban J connectivity index is 1.71. The van der Waals surface area contributed by atoms with Crippen molar-refractivity contribution in [2.75, 3.05) is 26.7 Å². The number of carbonyl (C=O) groups excluding carboxylic acids is 1. The van der Waals surface area contributed by atoms with Crippen LogP contribution in [0, 0.1) is 11.8 Å². The van der Waals surface area contributed by atoms with Gasteiger partial charge in [-0.15, -0.1) is 0 Å². The number of carbonyl (C=O) groups is 1. The number of aliphatic hydroxyl groups excluding tert-OH is 1. The van der Waals surface area contributed by atoms with Gasteiger partial charge in [-0.3, -0.25) is 4.79 Å². The molecule has 0 aromatic heterocycles. The van der Waals surface area contributed by atoms with Gasteiger partial charge in [0.15, 0.2) is 0 Å². The number of amides is 1. The van der Waals surface area contributed by atoms with Gasteiger partial charge in [-0.25, -0.2) is 8.42 Å². The van der Waals surface area contributed by atoms with Crippen LogP contribution in [-0.4, -0.2) is 67.5 Å². The third-order valence-corrected chi connectivity index (χ3v) is 9.38. The smallest absolute Gasteiger partial charge is 0.247 e. The largest absolute Gasteiger partial charge is 0.487 e. The van der Waals surface area contributed by atoms with Crippen molar-refractivity contribution >= 4 is 21.5 Å². The van der Waals surface area contributed by atoms with Crippen LogP contribution in [0.1, 0.15) is 57.9 Å². The van der Waals surface area contributed by atoms with Crippen molar-refractivity contribution in [1.29, 1.82) is 0 Å². The molecule has 1 fully saturated rings. The Morgan fingerprint density at radius 3 is 2.67 bits per heavy atom. The van der Waals surface area contributed by atoms with Crippen molar-refractivity contribution in [2.45, 2.75) is 69.4 Å². The standard InChI is InChI=1S/C25H36N2O5S/c1-17-14-27(18(2)16-28)33(30,31)24-12-11-21(19-7-4-5-8-19)13-22(24)32-23(17)15-26(3)25(29)20-9-6-10-20/h7,11-13,17-18,20,23,28H,4-6,8-10,14-16H2,1-3H3/t17-,18+,23+/m0/s1. The third kappa shape index (κ3) is 4.84. The highest BCUT2D eigenvalue weighted by atomic mass is 32.2. The van der Waals surface area contributed by atoms with Gasteiger partial charge in [0.25, 0.3) is 0 Å². The second-order valence-electron chi connectivity index (χ2n) is 9.87. The average Bonchev–Trinajstić information content (AvgIpc) is 3.29. The second-order valence-corrected chi connectivity index (χ2v) is 11.7. The van der Waals surface area contributed by atoms with E-state index in [4.69, 9.17) is 4.74 Å². The first kappa shape index (κ1) is 24.2. The Labute approximate surface area is 197 Å². The quantitative estimate of drug-likeness (QED) is 0.681. The summed E-state index contributed by atoms with van der Waals surface area (Å²) in [5.74, 6) is 0.389. The van der Waals surface area contributed by atoms with Crippen LogP contribution < -0.4 is 4.74 Å². The Bertz CT molecular complexity index is 1020. The number of nitrogens with zero attached hydrogens (tertiary/aromatic N) is 2. The molecule has 1 aliphatic heterocycles. The van der Waals surface area contributed by atoms with Gasteiger partial charge in [0.05, 0.1) is 13.2 Å². The van der Waals surface area contributed by atoms with Crippen LogP contribution in [0.5, 0.6) is 5.75 Å².